The number of aliphatic hydroxyl groups is 1. The summed E-state index contributed by atoms with van der Waals surface area (Å²) in [6.07, 6.45) is 3.78. The molecule has 2 aromatic rings. The molecule has 0 aliphatic carbocycles. The zero-order valence-corrected chi connectivity index (χ0v) is 17.7. The van der Waals surface area contributed by atoms with Crippen LogP contribution in [0.5, 0.6) is 5.75 Å². The summed E-state index contributed by atoms with van der Waals surface area (Å²) in [6.45, 7) is 4.32. The van der Waals surface area contributed by atoms with E-state index in [9.17, 15) is 9.90 Å². The van der Waals surface area contributed by atoms with E-state index in [1.807, 2.05) is 44.3 Å². The fraction of sp³-hybridized carbons (Fsp3) is 0.571. The van der Waals surface area contributed by atoms with Gasteiger partial charge < -0.3 is 25.2 Å². The second-order valence-corrected chi connectivity index (χ2v) is 7.79. The van der Waals surface area contributed by atoms with Gasteiger partial charge in [-0.05, 0) is 45.2 Å². The van der Waals surface area contributed by atoms with Gasteiger partial charge in [-0.25, -0.2) is 4.79 Å². The molecule has 1 fully saturated rings. The van der Waals surface area contributed by atoms with E-state index in [4.69, 9.17) is 9.47 Å². The fourth-order valence-electron chi connectivity index (χ4n) is 3.65. The van der Waals surface area contributed by atoms with E-state index in [0.717, 1.165) is 36.3 Å². The molecule has 0 spiro atoms. The topological polar surface area (TPSA) is 111 Å². The van der Waals surface area contributed by atoms with Gasteiger partial charge in [-0.15, -0.1) is 5.10 Å². The van der Waals surface area contributed by atoms with Gasteiger partial charge in [0.1, 0.15) is 17.5 Å². The molecule has 9 nitrogen and oxygen atoms in total. The van der Waals surface area contributed by atoms with Crippen LogP contribution in [0.1, 0.15) is 33.1 Å². The number of nitrogens with zero attached hydrogens (tertiary/aromatic N) is 3. The largest absolute Gasteiger partial charge is 0.496 e. The lowest BCUT2D eigenvalue weighted by Gasteiger charge is -2.36. The highest BCUT2D eigenvalue weighted by atomic mass is 16.5. The van der Waals surface area contributed by atoms with Crippen LogP contribution in [0.2, 0.25) is 0 Å². The lowest BCUT2D eigenvalue weighted by Crippen LogP contribution is -2.54. The minimum atomic E-state index is -0.415. The van der Waals surface area contributed by atoms with Gasteiger partial charge >= 0.3 is 6.03 Å². The van der Waals surface area contributed by atoms with Crippen molar-refractivity contribution < 1.29 is 19.4 Å². The van der Waals surface area contributed by atoms with Crippen molar-refractivity contribution in [2.45, 2.75) is 63.9 Å². The smallest absolute Gasteiger partial charge is 0.315 e. The maximum absolute atomic E-state index is 12.0. The Balaban J connectivity index is 1.52. The average Bonchev–Trinajstić information content (AvgIpc) is 3.21. The van der Waals surface area contributed by atoms with Crippen molar-refractivity contribution in [3.8, 4) is 17.0 Å². The van der Waals surface area contributed by atoms with Gasteiger partial charge in [-0.3, -0.25) is 4.68 Å². The summed E-state index contributed by atoms with van der Waals surface area (Å²) in [5.41, 5.74) is 1.65. The molecule has 164 valence electrons. The Bertz CT molecular complexity index is 825. The van der Waals surface area contributed by atoms with Crippen molar-refractivity contribution in [3.63, 3.8) is 0 Å². The van der Waals surface area contributed by atoms with Crippen LogP contribution in [0.15, 0.2) is 30.5 Å². The number of hydrogen-bond donors (Lipinski definition) is 3. The van der Waals surface area contributed by atoms with E-state index in [1.54, 1.807) is 11.8 Å². The number of hydrogen-bond acceptors (Lipinski definition) is 6. The van der Waals surface area contributed by atoms with Crippen LogP contribution in [-0.4, -0.2) is 64.1 Å². The first kappa shape index (κ1) is 22.0. The number of urea groups is 1. The summed E-state index contributed by atoms with van der Waals surface area (Å²) < 4.78 is 13.2. The molecule has 1 aliphatic heterocycles. The molecule has 3 rings (SSSR count). The zero-order chi connectivity index (χ0) is 21.5. The number of para-hydroxylation sites is 1. The first-order valence-corrected chi connectivity index (χ1v) is 10.4. The van der Waals surface area contributed by atoms with E-state index in [-0.39, 0.29) is 30.8 Å². The van der Waals surface area contributed by atoms with Crippen LogP contribution in [0.3, 0.4) is 0 Å². The van der Waals surface area contributed by atoms with E-state index in [2.05, 4.69) is 20.9 Å². The minimum Gasteiger partial charge on any atom is -0.496 e. The first-order chi connectivity index (χ1) is 14.5. The van der Waals surface area contributed by atoms with Crippen LogP contribution in [0.4, 0.5) is 4.79 Å². The third-order valence-corrected chi connectivity index (χ3v) is 5.13. The van der Waals surface area contributed by atoms with Crippen LogP contribution < -0.4 is 15.4 Å². The molecule has 2 heterocycles. The number of benzene rings is 1. The Labute approximate surface area is 176 Å². The number of rotatable bonds is 8. The molecule has 9 heteroatoms. The fourth-order valence-corrected chi connectivity index (χ4v) is 3.65. The quantitative estimate of drug-likeness (QED) is 0.606. The van der Waals surface area contributed by atoms with Crippen molar-refractivity contribution in [1.29, 1.82) is 0 Å². The molecule has 3 N–H and O–H groups in total. The molecule has 1 aromatic carbocycles. The maximum Gasteiger partial charge on any atom is 0.315 e. The summed E-state index contributed by atoms with van der Waals surface area (Å²) in [5.74, 6) is 0.756. The second kappa shape index (κ2) is 10.4. The molecule has 0 saturated carbocycles. The molecule has 0 radical (unpaired) electrons. The highest BCUT2D eigenvalue weighted by Crippen LogP contribution is 2.28. The molecule has 30 heavy (non-hydrogen) atoms. The molecule has 1 aromatic heterocycles. The summed E-state index contributed by atoms with van der Waals surface area (Å²) in [7, 11) is 1.63. The Morgan fingerprint density at radius 3 is 2.90 bits per heavy atom. The van der Waals surface area contributed by atoms with E-state index in [0.29, 0.717) is 6.54 Å². The third kappa shape index (κ3) is 5.70. The number of carbonyl (C=O) groups is 1. The van der Waals surface area contributed by atoms with Crippen molar-refractivity contribution in [1.82, 2.24) is 25.6 Å². The molecule has 0 unspecified atom stereocenters. The van der Waals surface area contributed by atoms with E-state index in [1.165, 1.54) is 0 Å². The zero-order valence-electron chi connectivity index (χ0n) is 17.7. The number of ether oxygens (including phenoxy) is 2. The predicted octanol–water partition coefficient (Wildman–Crippen LogP) is 1.96. The summed E-state index contributed by atoms with van der Waals surface area (Å²) >= 11 is 0. The summed E-state index contributed by atoms with van der Waals surface area (Å²) in [6, 6.07) is 7.32. The minimum absolute atomic E-state index is 0.00716. The summed E-state index contributed by atoms with van der Waals surface area (Å²) in [4.78, 5) is 12.0. The highest BCUT2D eigenvalue weighted by Gasteiger charge is 2.31. The number of aryl methyl sites for hydroxylation is 1. The van der Waals surface area contributed by atoms with Gasteiger partial charge in [-0.2, -0.15) is 0 Å². The molecule has 1 saturated heterocycles. The molecule has 1 aliphatic rings. The van der Waals surface area contributed by atoms with Crippen molar-refractivity contribution >= 4 is 6.03 Å². The van der Waals surface area contributed by atoms with Crippen LogP contribution in [-0.2, 0) is 11.3 Å². The van der Waals surface area contributed by atoms with Gasteiger partial charge in [0.05, 0.1) is 32.1 Å². The molecule has 0 bridgehead atoms. The van der Waals surface area contributed by atoms with Crippen LogP contribution >= 0.6 is 0 Å². The van der Waals surface area contributed by atoms with E-state index >= 15 is 0 Å². The Kier molecular flexibility index (Phi) is 7.64. The van der Waals surface area contributed by atoms with Gasteiger partial charge in [0.25, 0.3) is 0 Å². The normalized spacial score (nSPS) is 21.4. The monoisotopic (exact) mass is 417 g/mol. The first-order valence-electron chi connectivity index (χ1n) is 10.4. The number of carbonyl (C=O) groups excluding carboxylic acids is 1. The summed E-state index contributed by atoms with van der Waals surface area (Å²) in [5, 5.41) is 23.9. The van der Waals surface area contributed by atoms with Gasteiger partial charge in [0.2, 0.25) is 0 Å². The molecule has 3 atom stereocenters. The Hall–Kier alpha value is -2.65. The van der Waals surface area contributed by atoms with Crippen molar-refractivity contribution in [2.75, 3.05) is 13.7 Å². The highest BCUT2D eigenvalue weighted by molar-refractivity contribution is 5.74. The van der Waals surface area contributed by atoms with Crippen molar-refractivity contribution in [3.05, 3.63) is 30.5 Å². The maximum atomic E-state index is 12.0. The lowest BCUT2D eigenvalue weighted by molar-refractivity contribution is -0.0908. The Morgan fingerprint density at radius 2 is 2.17 bits per heavy atom. The average molecular weight is 418 g/mol. The number of nitrogens with one attached hydrogen (secondary N) is 2. The van der Waals surface area contributed by atoms with Gasteiger partial charge in [0, 0.05) is 18.2 Å². The predicted molar refractivity (Wildman–Crippen MR) is 112 cm³/mol. The second-order valence-electron chi connectivity index (χ2n) is 7.79. The van der Waals surface area contributed by atoms with Gasteiger partial charge in [-0.1, -0.05) is 17.3 Å². The van der Waals surface area contributed by atoms with Crippen molar-refractivity contribution in [2.24, 2.45) is 0 Å². The van der Waals surface area contributed by atoms with Gasteiger partial charge in [0.15, 0.2) is 0 Å². The number of amides is 2. The number of aliphatic hydroxyl groups excluding tert-OH is 1. The van der Waals surface area contributed by atoms with Crippen LogP contribution in [0, 0.1) is 0 Å². The SMILES string of the molecule is COc1ccccc1-c1cn(CC[C@@H]2CC[C@@H](NC(=O)NC(C)C)[C@H](CO)O2)nn1. The molecular formula is C21H31N5O4. The lowest BCUT2D eigenvalue weighted by atomic mass is 9.97. The molecule has 2 amide bonds. The standard InChI is InChI=1S/C21H31N5O4/c1-14(2)22-21(28)23-17-9-8-15(30-20(17)13-27)10-11-26-12-18(24-25-26)16-6-4-5-7-19(16)29-3/h4-7,12,14-15,17,20,27H,8-11,13H2,1-3H3,(H2,22,23,28)/t15-,17+,20-/m0/s1. The number of methoxy groups -OCH3 is 1. The number of aromatic nitrogens is 3. The van der Waals surface area contributed by atoms with Crippen LogP contribution in [0.25, 0.3) is 11.3 Å². The third-order valence-electron chi connectivity index (χ3n) is 5.13. The van der Waals surface area contributed by atoms with E-state index < -0.39 is 6.10 Å². The molecular weight excluding hydrogens is 386 g/mol. The Morgan fingerprint density at radius 1 is 1.37 bits per heavy atom.